The number of aromatic nitrogens is 5. The maximum Gasteiger partial charge on any atom is 0.189 e. The first-order valence-electron chi connectivity index (χ1n) is 24.0. The Kier molecular flexibility index (Phi) is 11.6. The van der Waals surface area contributed by atoms with E-state index in [1.807, 2.05) is 97.1 Å². The highest BCUT2D eigenvalue weighted by Gasteiger charge is 2.23. The van der Waals surface area contributed by atoms with Crippen LogP contribution < -0.4 is 0 Å². The van der Waals surface area contributed by atoms with Crippen molar-refractivity contribution in [1.82, 2.24) is 24.5 Å². The smallest absolute Gasteiger partial charge is 0.189 e. The van der Waals surface area contributed by atoms with Gasteiger partial charge in [0.25, 0.3) is 0 Å². The summed E-state index contributed by atoms with van der Waals surface area (Å²) in [5.74, 6) is 1.01. The molecule has 0 spiro atoms. The van der Waals surface area contributed by atoms with Crippen LogP contribution in [0.2, 0.25) is 0 Å². The molecule has 0 fully saturated rings. The molecule has 12 aromatic rings. The molecule has 0 saturated heterocycles. The third kappa shape index (κ3) is 8.68. The minimum Gasteiger partial charge on any atom is -0.308 e. The molecule has 0 N–H and O–H groups in total. The maximum absolute atomic E-state index is 9.98. The summed E-state index contributed by atoms with van der Waals surface area (Å²) in [5.41, 5.74) is 15.5. The Morgan fingerprint density at radius 1 is 0.347 bits per heavy atom. The Hall–Kier alpha value is -11.1. The number of hydrogen-bond acceptors (Lipinski definition) is 6. The van der Waals surface area contributed by atoms with Crippen molar-refractivity contribution < 1.29 is 0 Å². The third-order valence-electron chi connectivity index (χ3n) is 13.3. The summed E-state index contributed by atoms with van der Waals surface area (Å²) >= 11 is 0. The van der Waals surface area contributed by atoms with Crippen LogP contribution in [0, 0.1) is 35.8 Å². The number of rotatable bonds is 9. The van der Waals surface area contributed by atoms with Gasteiger partial charge in [0, 0.05) is 55.3 Å². The van der Waals surface area contributed by atoms with E-state index in [-0.39, 0.29) is 0 Å². The first-order chi connectivity index (χ1) is 36.9. The second-order valence-electron chi connectivity index (χ2n) is 17.9. The second-order valence-corrected chi connectivity index (χ2v) is 17.9. The number of benzene rings is 9. The number of hydrogen-bond donors (Lipinski definition) is 0. The molecule has 0 radical (unpaired) electrons. The quantitative estimate of drug-likeness (QED) is 0.133. The van der Waals surface area contributed by atoms with Crippen molar-refractivity contribution in [2.75, 3.05) is 0 Å². The maximum atomic E-state index is 9.98. The summed E-state index contributed by atoms with van der Waals surface area (Å²) < 4.78 is 2.22. The van der Waals surface area contributed by atoms with Crippen molar-refractivity contribution in [1.29, 1.82) is 10.5 Å². The Morgan fingerprint density at radius 2 is 0.733 bits per heavy atom. The molecule has 12 rings (SSSR count). The summed E-state index contributed by atoms with van der Waals surface area (Å²) in [6.07, 6.45) is 0. The van der Waals surface area contributed by atoms with Gasteiger partial charge in [-0.25, -0.2) is 29.6 Å². The number of nitriles is 2. The fourth-order valence-corrected chi connectivity index (χ4v) is 9.68. The van der Waals surface area contributed by atoms with Crippen molar-refractivity contribution in [3.8, 4) is 108 Å². The van der Waals surface area contributed by atoms with Crippen molar-refractivity contribution in [3.05, 3.63) is 258 Å². The SMILES string of the molecule is [C-]#[N+]c1cc(C#N)cc(-c2ccc3c(c2)c2cc(-c4cc(C#N)cc([N+]#[C-])c4)ccc2n3-c2ccc(-c3nc(-c4ccccc4)cc(-c4ccccc4)n3)cc2-c2nc(-c3ccccc3)cc(-c3ccccc3)n2)c1. The molecule has 3 aromatic heterocycles. The van der Waals surface area contributed by atoms with E-state index in [0.29, 0.717) is 34.2 Å². The molecule has 0 bridgehead atoms. The van der Waals surface area contributed by atoms with Gasteiger partial charge in [0.05, 0.1) is 64.8 Å². The van der Waals surface area contributed by atoms with Crippen LogP contribution in [0.15, 0.2) is 224 Å². The van der Waals surface area contributed by atoms with Crippen LogP contribution in [0.4, 0.5) is 11.4 Å². The van der Waals surface area contributed by atoms with Crippen LogP contribution in [0.1, 0.15) is 11.1 Å². The molecule has 9 aromatic carbocycles. The minimum atomic E-state index is 0.369. The molecular weight excluding hydrogens is 919 g/mol. The van der Waals surface area contributed by atoms with E-state index >= 15 is 0 Å². The Balaban J connectivity index is 1.16. The van der Waals surface area contributed by atoms with Gasteiger partial charge in [0.15, 0.2) is 23.0 Å². The zero-order chi connectivity index (χ0) is 50.8. The van der Waals surface area contributed by atoms with Gasteiger partial charge in [-0.1, -0.05) is 133 Å². The van der Waals surface area contributed by atoms with Gasteiger partial charge >= 0.3 is 0 Å². The fourth-order valence-electron chi connectivity index (χ4n) is 9.68. The van der Waals surface area contributed by atoms with Crippen LogP contribution in [-0.4, -0.2) is 24.5 Å². The summed E-state index contributed by atoms with van der Waals surface area (Å²) in [6, 6.07) is 77.9. The summed E-state index contributed by atoms with van der Waals surface area (Å²) in [4.78, 5) is 28.7. The van der Waals surface area contributed by atoms with E-state index in [4.69, 9.17) is 33.1 Å². The molecule has 346 valence electrons. The van der Waals surface area contributed by atoms with E-state index < -0.39 is 0 Å². The summed E-state index contributed by atoms with van der Waals surface area (Å²) in [5, 5.41) is 21.7. The van der Waals surface area contributed by atoms with Crippen molar-refractivity contribution >= 4 is 33.2 Å². The minimum absolute atomic E-state index is 0.369. The number of nitrogens with zero attached hydrogens (tertiary/aromatic N) is 9. The third-order valence-corrected chi connectivity index (χ3v) is 13.3. The standard InChI is InChI=1S/C66H37N9/c1-69-53-31-42(40-67)29-51(33-53)48-23-26-62-55(35-48)56-36-49(52-30-43(41-68)32-54(34-52)70-2)24-27-63(56)75(62)64-28-25-50(65-71-58(44-15-7-3-8-16-44)38-59(72-65)45-17-9-4-10-18-45)37-57(64)66-73-60(46-19-11-5-12-20-46)39-61(74-66)47-21-13-6-14-22-47/h3-39H. The molecule has 9 heteroatoms. The predicted octanol–water partition coefficient (Wildman–Crippen LogP) is 16.5. The topological polar surface area (TPSA) is 113 Å². The molecule has 0 atom stereocenters. The van der Waals surface area contributed by atoms with E-state index in [1.54, 1.807) is 36.4 Å². The molecule has 0 aliphatic carbocycles. The molecule has 75 heavy (non-hydrogen) atoms. The van der Waals surface area contributed by atoms with Gasteiger partial charge in [0.1, 0.15) is 0 Å². The number of fused-ring (bicyclic) bond motifs is 3. The van der Waals surface area contributed by atoms with Crippen LogP contribution in [-0.2, 0) is 0 Å². The van der Waals surface area contributed by atoms with Gasteiger partial charge in [-0.2, -0.15) is 10.5 Å². The zero-order valence-electron chi connectivity index (χ0n) is 39.9. The lowest BCUT2D eigenvalue weighted by molar-refractivity contribution is 1.13. The normalized spacial score (nSPS) is 10.9. The average molecular weight is 956 g/mol. The van der Waals surface area contributed by atoms with Crippen molar-refractivity contribution in [2.24, 2.45) is 0 Å². The van der Waals surface area contributed by atoms with Gasteiger partial charge in [0.2, 0.25) is 0 Å². The largest absolute Gasteiger partial charge is 0.308 e. The highest BCUT2D eigenvalue weighted by atomic mass is 15.0. The first kappa shape index (κ1) is 45.1. The molecule has 9 nitrogen and oxygen atoms in total. The van der Waals surface area contributed by atoms with Crippen LogP contribution in [0.5, 0.6) is 0 Å². The molecule has 0 aliphatic heterocycles. The van der Waals surface area contributed by atoms with Gasteiger partial charge < -0.3 is 4.57 Å². The van der Waals surface area contributed by atoms with Crippen molar-refractivity contribution in [3.63, 3.8) is 0 Å². The Morgan fingerprint density at radius 3 is 1.12 bits per heavy atom. The summed E-state index contributed by atoms with van der Waals surface area (Å²) in [7, 11) is 0. The van der Waals surface area contributed by atoms with Gasteiger partial charge in [-0.05, 0) is 113 Å². The van der Waals surface area contributed by atoms with E-state index in [0.717, 1.165) is 106 Å². The van der Waals surface area contributed by atoms with Crippen LogP contribution in [0.25, 0.3) is 127 Å². The molecular formula is C66H37N9. The molecule has 3 heterocycles. The molecule has 0 unspecified atom stereocenters. The van der Waals surface area contributed by atoms with Crippen LogP contribution in [0.3, 0.4) is 0 Å². The monoisotopic (exact) mass is 955 g/mol. The molecule has 0 amide bonds. The second kappa shape index (κ2) is 19.2. The molecule has 0 aliphatic rings. The highest BCUT2D eigenvalue weighted by Crippen LogP contribution is 2.42. The fraction of sp³-hybridized carbons (Fsp3) is 0. The Labute approximate surface area is 432 Å². The highest BCUT2D eigenvalue weighted by molar-refractivity contribution is 6.12. The lowest BCUT2D eigenvalue weighted by atomic mass is 9.98. The lowest BCUT2D eigenvalue weighted by Crippen LogP contribution is -2.03. The Bertz CT molecular complexity index is 4070. The van der Waals surface area contributed by atoms with E-state index in [2.05, 4.69) is 117 Å². The van der Waals surface area contributed by atoms with Crippen molar-refractivity contribution in [2.45, 2.75) is 0 Å². The zero-order valence-corrected chi connectivity index (χ0v) is 39.9. The lowest BCUT2D eigenvalue weighted by Gasteiger charge is -2.17. The van der Waals surface area contributed by atoms with E-state index in [9.17, 15) is 10.5 Å². The first-order valence-corrected chi connectivity index (χ1v) is 24.0. The van der Waals surface area contributed by atoms with Gasteiger partial charge in [-0.15, -0.1) is 0 Å². The van der Waals surface area contributed by atoms with Gasteiger partial charge in [-0.3, -0.25) is 0 Å². The summed E-state index contributed by atoms with van der Waals surface area (Å²) in [6.45, 7) is 15.6. The van der Waals surface area contributed by atoms with E-state index in [1.165, 1.54) is 0 Å². The molecule has 0 saturated carbocycles. The predicted molar refractivity (Wildman–Crippen MR) is 297 cm³/mol. The van der Waals surface area contributed by atoms with Crippen LogP contribution >= 0.6 is 0 Å². The average Bonchev–Trinajstić information content (AvgIpc) is 3.88.